The molecule has 0 fully saturated rings. The number of fused-ring (bicyclic) bond motifs is 1. The maximum Gasteiger partial charge on any atom is 0.477 e. The van der Waals surface area contributed by atoms with E-state index in [2.05, 4.69) is 66.5 Å². The molecular formula is C21H23IrNO2. The zero-order valence-electron chi connectivity index (χ0n) is 14.5. The van der Waals surface area contributed by atoms with Crippen LogP contribution in [0.4, 0.5) is 0 Å². The molecule has 133 valence electrons. The molecule has 0 unspecified atom stereocenters. The molecule has 0 saturated carbocycles. The first-order chi connectivity index (χ1) is 11.6. The van der Waals surface area contributed by atoms with Crippen LogP contribution in [0.3, 0.4) is 0 Å². The van der Waals surface area contributed by atoms with E-state index >= 15 is 0 Å². The molecule has 2 N–H and O–H groups in total. The van der Waals surface area contributed by atoms with Crippen LogP contribution in [0, 0.1) is 6.07 Å². The minimum Gasteiger partial charge on any atom is -0.339 e. The molecule has 0 amide bonds. The standard InChI is InChI=1S/C19H18N.C2H4O2.Ir/c1-2-3-6-15-9-11-17(12-10-15)19-18-8-5-4-7-16(18)13-14-20-19;1-2(3)4;/h4-5,7-11,13-14H,2-3,6H2,1H3;1H3,(H,3,4);/q-1;;/p+1. The number of aliphatic hydroxyl groups excluding tert-OH is 1. The van der Waals surface area contributed by atoms with Crippen LogP contribution in [0.15, 0.2) is 54.7 Å². The molecule has 3 aromatic rings. The minimum absolute atomic E-state index is 0. The molecule has 3 nitrogen and oxygen atoms in total. The summed E-state index contributed by atoms with van der Waals surface area (Å²) in [4.78, 5) is 12.1. The summed E-state index contributed by atoms with van der Waals surface area (Å²) in [7, 11) is 0. The third-order valence-electron chi connectivity index (χ3n) is 3.62. The van der Waals surface area contributed by atoms with E-state index in [1.165, 1.54) is 36.1 Å². The van der Waals surface area contributed by atoms with Crippen LogP contribution in [0.2, 0.25) is 0 Å². The Hall–Kier alpha value is -2.03. The van der Waals surface area contributed by atoms with Gasteiger partial charge in [0.15, 0.2) is 0 Å². The fourth-order valence-corrected chi connectivity index (χ4v) is 2.48. The maximum atomic E-state index is 7.53. The van der Waals surface area contributed by atoms with E-state index in [9.17, 15) is 0 Å². The molecule has 0 bridgehead atoms. The summed E-state index contributed by atoms with van der Waals surface area (Å²) in [6.07, 6.45) is 5.47. The van der Waals surface area contributed by atoms with Gasteiger partial charge in [-0.3, -0.25) is 0 Å². The molecule has 4 heteroatoms. The van der Waals surface area contributed by atoms with Gasteiger partial charge in [0.2, 0.25) is 0 Å². The van der Waals surface area contributed by atoms with Gasteiger partial charge in [-0.15, -0.1) is 35.4 Å². The summed E-state index contributed by atoms with van der Waals surface area (Å²) < 4.78 is 0. The molecule has 1 radical (unpaired) electrons. The van der Waals surface area contributed by atoms with Crippen molar-refractivity contribution >= 4 is 16.7 Å². The largest absolute Gasteiger partial charge is 0.477 e. The van der Waals surface area contributed by atoms with Crippen molar-refractivity contribution in [1.82, 2.24) is 4.98 Å². The number of aliphatic carboxylic acids is 1. The first-order valence-electron chi connectivity index (χ1n) is 8.18. The molecule has 0 atom stereocenters. The average Bonchev–Trinajstić information content (AvgIpc) is 2.59. The average molecular weight is 514 g/mol. The molecule has 3 rings (SSSR count). The van der Waals surface area contributed by atoms with Gasteiger partial charge in [-0.05, 0) is 22.5 Å². The first kappa shape index (κ1) is 21.0. The Bertz CT molecular complexity index is 791. The Morgan fingerprint density at radius 3 is 2.52 bits per heavy atom. The van der Waals surface area contributed by atoms with Crippen LogP contribution < -0.4 is 0 Å². The second-order valence-electron chi connectivity index (χ2n) is 5.64. The van der Waals surface area contributed by atoms with Crippen molar-refractivity contribution in [3.8, 4) is 11.3 Å². The number of hydrogen-bond acceptors (Lipinski definition) is 1. The van der Waals surface area contributed by atoms with E-state index in [4.69, 9.17) is 9.90 Å². The van der Waals surface area contributed by atoms with Gasteiger partial charge in [-0.25, -0.2) is 0 Å². The van der Waals surface area contributed by atoms with Crippen LogP contribution in [0.1, 0.15) is 32.3 Å². The topological polar surface area (TPSA) is 54.5 Å². The fourth-order valence-electron chi connectivity index (χ4n) is 2.48. The number of carboxylic acid groups (broad SMARTS) is 1. The predicted molar refractivity (Wildman–Crippen MR) is 99.9 cm³/mol. The summed E-state index contributed by atoms with van der Waals surface area (Å²) in [6, 6.07) is 20.2. The molecule has 2 aromatic carbocycles. The fraction of sp³-hybridized carbons (Fsp3) is 0.238. The van der Waals surface area contributed by atoms with Crippen molar-refractivity contribution in [3.05, 3.63) is 66.4 Å². The zero-order valence-corrected chi connectivity index (χ0v) is 16.9. The van der Waals surface area contributed by atoms with Gasteiger partial charge in [-0.2, -0.15) is 0 Å². The Morgan fingerprint density at radius 2 is 1.88 bits per heavy atom. The Kier molecular flexibility index (Phi) is 9.04. The number of nitrogens with zero attached hydrogens (tertiary/aromatic N) is 1. The van der Waals surface area contributed by atoms with Crippen LogP contribution >= 0.6 is 0 Å². The van der Waals surface area contributed by atoms with E-state index in [0.717, 1.165) is 17.7 Å². The molecule has 0 aliphatic heterocycles. The van der Waals surface area contributed by atoms with Crippen LogP contribution in [0.5, 0.6) is 0 Å². The first-order valence-corrected chi connectivity index (χ1v) is 8.18. The third-order valence-corrected chi connectivity index (χ3v) is 3.62. The van der Waals surface area contributed by atoms with E-state index < -0.39 is 5.97 Å². The van der Waals surface area contributed by atoms with Crippen molar-refractivity contribution < 1.29 is 30.0 Å². The smallest absolute Gasteiger partial charge is 0.339 e. The molecule has 0 spiro atoms. The van der Waals surface area contributed by atoms with Crippen molar-refractivity contribution in [2.45, 2.75) is 33.1 Å². The number of carboxylic acids is 1. The van der Waals surface area contributed by atoms with E-state index in [-0.39, 0.29) is 20.1 Å². The Balaban J connectivity index is 0.000000568. The molecule has 1 aromatic heterocycles. The van der Waals surface area contributed by atoms with Gasteiger partial charge in [0.1, 0.15) is 0 Å². The summed E-state index contributed by atoms with van der Waals surface area (Å²) >= 11 is 0. The van der Waals surface area contributed by atoms with Crippen molar-refractivity contribution in [1.29, 1.82) is 0 Å². The second-order valence-corrected chi connectivity index (χ2v) is 5.64. The second kappa shape index (κ2) is 10.8. The molecular weight excluding hydrogens is 490 g/mol. The van der Waals surface area contributed by atoms with Gasteiger partial charge in [0.25, 0.3) is 0 Å². The van der Waals surface area contributed by atoms with E-state index in [1.807, 2.05) is 6.20 Å². The predicted octanol–water partition coefficient (Wildman–Crippen LogP) is 5.11. The SMILES string of the molecule is CC(O)=[OH+].CCCCc1c[c-]c(-c2nccc3ccccc23)cc1.[Ir]. The maximum absolute atomic E-state index is 7.53. The van der Waals surface area contributed by atoms with Gasteiger partial charge in [0.05, 0.1) is 6.92 Å². The number of pyridine rings is 1. The van der Waals surface area contributed by atoms with Crippen LogP contribution in [-0.4, -0.2) is 20.9 Å². The molecule has 0 saturated heterocycles. The van der Waals surface area contributed by atoms with E-state index in [0.29, 0.717) is 0 Å². The monoisotopic (exact) mass is 514 g/mol. The van der Waals surface area contributed by atoms with Crippen molar-refractivity contribution in [3.63, 3.8) is 0 Å². The molecule has 0 aliphatic carbocycles. The Labute approximate surface area is 162 Å². The summed E-state index contributed by atoms with van der Waals surface area (Å²) in [5.74, 6) is -0.583. The number of aromatic nitrogens is 1. The third kappa shape index (κ3) is 6.41. The van der Waals surface area contributed by atoms with Gasteiger partial charge >= 0.3 is 5.97 Å². The quantitative estimate of drug-likeness (QED) is 0.390. The zero-order chi connectivity index (χ0) is 17.4. The summed E-state index contributed by atoms with van der Waals surface area (Å²) in [5, 5.41) is 9.94. The van der Waals surface area contributed by atoms with Crippen LogP contribution in [-0.2, 0) is 26.5 Å². The van der Waals surface area contributed by atoms with Gasteiger partial charge in [0, 0.05) is 26.3 Å². The molecule has 0 aliphatic rings. The summed E-state index contributed by atoms with van der Waals surface area (Å²) in [6.45, 7) is 3.41. The normalized spacial score (nSPS) is 9.68. The van der Waals surface area contributed by atoms with Crippen LogP contribution in [0.25, 0.3) is 22.0 Å². The molecule has 1 heterocycles. The number of hydrogen-bond donors (Lipinski definition) is 1. The van der Waals surface area contributed by atoms with Gasteiger partial charge in [-0.1, -0.05) is 50.5 Å². The van der Waals surface area contributed by atoms with Gasteiger partial charge < -0.3 is 14.9 Å². The Morgan fingerprint density at radius 1 is 1.16 bits per heavy atom. The molecule has 25 heavy (non-hydrogen) atoms. The number of rotatable bonds is 4. The van der Waals surface area contributed by atoms with Crippen molar-refractivity contribution in [2.24, 2.45) is 0 Å². The van der Waals surface area contributed by atoms with Crippen molar-refractivity contribution in [2.75, 3.05) is 0 Å². The number of aryl methyl sites for hydroxylation is 1. The number of unbranched alkanes of at least 4 members (excludes halogenated alkanes) is 1. The van der Waals surface area contributed by atoms with E-state index in [1.54, 1.807) is 0 Å². The minimum atomic E-state index is -0.583. The number of benzene rings is 2. The summed E-state index contributed by atoms with van der Waals surface area (Å²) in [5.41, 5.74) is 3.45.